The first-order valence-corrected chi connectivity index (χ1v) is 5.28. The summed E-state index contributed by atoms with van der Waals surface area (Å²) in [6, 6.07) is 12.1. The fourth-order valence-electron chi connectivity index (χ4n) is 1.61. The lowest BCUT2D eigenvalue weighted by atomic mass is 10.2. The van der Waals surface area contributed by atoms with Gasteiger partial charge in [-0.25, -0.2) is 0 Å². The molecule has 0 aliphatic carbocycles. The normalized spacial score (nSPS) is 9.59. The summed E-state index contributed by atoms with van der Waals surface area (Å²) in [5.74, 6) is 0. The summed E-state index contributed by atoms with van der Waals surface area (Å²) in [7, 11) is 0. The summed E-state index contributed by atoms with van der Waals surface area (Å²) in [6.45, 7) is 4.43. The van der Waals surface area contributed by atoms with E-state index in [4.69, 9.17) is 5.26 Å². The van der Waals surface area contributed by atoms with Crippen molar-refractivity contribution in [1.82, 2.24) is 4.98 Å². The summed E-state index contributed by atoms with van der Waals surface area (Å²) < 4.78 is 1.97. The maximum atomic E-state index is 8.89. The van der Waals surface area contributed by atoms with E-state index in [1.165, 1.54) is 5.56 Å². The Balaban J connectivity index is 2.34. The smallest absolute Gasteiger partial charge is 0.241 e. The van der Waals surface area contributed by atoms with Crippen LogP contribution in [0.3, 0.4) is 0 Å². The Kier molecular flexibility index (Phi) is 3.27. The van der Waals surface area contributed by atoms with E-state index in [2.05, 4.69) is 17.6 Å². The molecule has 0 spiro atoms. The van der Waals surface area contributed by atoms with Gasteiger partial charge in [-0.1, -0.05) is 36.9 Å². The molecule has 0 aliphatic rings. The Morgan fingerprint density at radius 2 is 2.12 bits per heavy atom. The Morgan fingerprint density at radius 1 is 1.35 bits per heavy atom. The van der Waals surface area contributed by atoms with Crippen LogP contribution < -0.4 is 4.57 Å². The number of hydrogen-bond acceptors (Lipinski definition) is 2. The first-order valence-electron chi connectivity index (χ1n) is 5.28. The van der Waals surface area contributed by atoms with E-state index in [-0.39, 0.29) is 0 Å². The summed E-state index contributed by atoms with van der Waals surface area (Å²) >= 11 is 0. The monoisotopic (exact) mass is 222 g/mol. The fraction of sp³-hybridized carbons (Fsp3) is 0.0714. The van der Waals surface area contributed by atoms with Gasteiger partial charge in [0.1, 0.15) is 17.8 Å². The molecule has 17 heavy (non-hydrogen) atoms. The topological polar surface area (TPSA) is 40.6 Å². The highest BCUT2D eigenvalue weighted by Crippen LogP contribution is 2.05. The summed E-state index contributed by atoms with van der Waals surface area (Å²) in [5, 5.41) is 8.89. The summed E-state index contributed by atoms with van der Waals surface area (Å²) in [6.07, 6.45) is 5.22. The van der Waals surface area contributed by atoms with Crippen LogP contribution in [0.1, 0.15) is 11.3 Å². The van der Waals surface area contributed by atoms with E-state index in [0.29, 0.717) is 12.1 Å². The van der Waals surface area contributed by atoms with E-state index in [1.54, 1.807) is 12.4 Å². The van der Waals surface area contributed by atoms with Gasteiger partial charge in [-0.15, -0.1) is 0 Å². The third kappa shape index (κ3) is 2.56. The number of rotatable bonds is 3. The Labute approximate surface area is 100 Å². The molecule has 3 nitrogen and oxygen atoms in total. The predicted octanol–water partition coefficient (Wildman–Crippen LogP) is 1.95. The maximum Gasteiger partial charge on any atom is 0.241 e. The molecular weight excluding hydrogens is 210 g/mol. The van der Waals surface area contributed by atoms with Crippen molar-refractivity contribution < 1.29 is 4.57 Å². The highest BCUT2D eigenvalue weighted by Gasteiger charge is 2.13. The van der Waals surface area contributed by atoms with Crippen LogP contribution in [0.25, 0.3) is 5.57 Å². The first-order chi connectivity index (χ1) is 8.31. The second-order valence-electron chi connectivity index (χ2n) is 3.67. The van der Waals surface area contributed by atoms with Crippen LogP contribution in [-0.2, 0) is 6.54 Å². The molecule has 0 saturated carbocycles. The Morgan fingerprint density at radius 3 is 2.82 bits per heavy atom. The molecule has 0 atom stereocenters. The highest BCUT2D eigenvalue weighted by atomic mass is 15.0. The van der Waals surface area contributed by atoms with Crippen LogP contribution in [0.15, 0.2) is 55.5 Å². The molecule has 0 fully saturated rings. The lowest BCUT2D eigenvalue weighted by Crippen LogP contribution is -2.38. The van der Waals surface area contributed by atoms with Crippen LogP contribution in [0.5, 0.6) is 0 Å². The lowest BCUT2D eigenvalue weighted by molar-refractivity contribution is -0.690. The minimum atomic E-state index is 0.425. The molecule has 82 valence electrons. The van der Waals surface area contributed by atoms with Gasteiger partial charge < -0.3 is 0 Å². The largest absolute Gasteiger partial charge is 0.252 e. The SMILES string of the molecule is C=C(C#N)c1cncc[n+]1Cc1ccccc1. The standard InChI is InChI=1S/C14H12N3/c1-12(9-15)14-10-16-7-8-17(14)11-13-5-3-2-4-6-13/h2-8,10H,1,11H2/q+1. The number of nitriles is 1. The van der Waals surface area contributed by atoms with Gasteiger partial charge in [0.2, 0.25) is 5.69 Å². The van der Waals surface area contributed by atoms with Gasteiger partial charge in [0, 0.05) is 5.56 Å². The average Bonchev–Trinajstić information content (AvgIpc) is 2.40. The minimum Gasteiger partial charge on any atom is -0.252 e. The Hall–Kier alpha value is -2.47. The van der Waals surface area contributed by atoms with Gasteiger partial charge in [0.05, 0.1) is 6.20 Å². The number of benzene rings is 1. The van der Waals surface area contributed by atoms with E-state index >= 15 is 0 Å². The molecule has 0 N–H and O–H groups in total. The van der Waals surface area contributed by atoms with Crippen molar-refractivity contribution >= 4 is 5.57 Å². The van der Waals surface area contributed by atoms with E-state index in [9.17, 15) is 0 Å². The molecule has 0 amide bonds. The van der Waals surface area contributed by atoms with Crippen molar-refractivity contribution in [3.05, 3.63) is 66.8 Å². The van der Waals surface area contributed by atoms with Crippen LogP contribution in [0.2, 0.25) is 0 Å². The number of aromatic nitrogens is 2. The van der Waals surface area contributed by atoms with Gasteiger partial charge in [0.15, 0.2) is 12.7 Å². The molecular formula is C14H12N3+. The Bertz CT molecular complexity index is 568. The second-order valence-corrected chi connectivity index (χ2v) is 3.67. The highest BCUT2D eigenvalue weighted by molar-refractivity contribution is 5.70. The molecule has 0 bridgehead atoms. The lowest BCUT2D eigenvalue weighted by Gasteiger charge is -2.01. The second kappa shape index (κ2) is 5.04. The maximum absolute atomic E-state index is 8.89. The zero-order valence-corrected chi connectivity index (χ0v) is 9.37. The van der Waals surface area contributed by atoms with E-state index < -0.39 is 0 Å². The molecule has 1 heterocycles. The average molecular weight is 222 g/mol. The molecule has 2 rings (SSSR count). The van der Waals surface area contributed by atoms with Crippen LogP contribution in [0.4, 0.5) is 0 Å². The van der Waals surface area contributed by atoms with Crippen molar-refractivity contribution in [2.75, 3.05) is 0 Å². The first kappa shape index (κ1) is 11.0. The van der Waals surface area contributed by atoms with Crippen LogP contribution in [0, 0.1) is 11.3 Å². The summed E-state index contributed by atoms with van der Waals surface area (Å²) in [4.78, 5) is 4.02. The number of nitrogens with zero attached hydrogens (tertiary/aromatic N) is 3. The van der Waals surface area contributed by atoms with Crippen molar-refractivity contribution in [3.8, 4) is 6.07 Å². The zero-order chi connectivity index (χ0) is 12.1. The molecule has 3 heteroatoms. The van der Waals surface area contributed by atoms with Gasteiger partial charge in [-0.05, 0) is 0 Å². The van der Waals surface area contributed by atoms with Gasteiger partial charge in [-0.3, -0.25) is 4.98 Å². The van der Waals surface area contributed by atoms with Crippen molar-refractivity contribution in [3.63, 3.8) is 0 Å². The van der Waals surface area contributed by atoms with E-state index in [0.717, 1.165) is 5.69 Å². The molecule has 2 aromatic rings. The van der Waals surface area contributed by atoms with Gasteiger partial charge in [-0.2, -0.15) is 9.83 Å². The quantitative estimate of drug-likeness (QED) is 0.588. The van der Waals surface area contributed by atoms with Gasteiger partial charge >= 0.3 is 0 Å². The molecule has 1 aromatic carbocycles. The van der Waals surface area contributed by atoms with Crippen LogP contribution >= 0.6 is 0 Å². The third-order valence-electron chi connectivity index (χ3n) is 2.48. The van der Waals surface area contributed by atoms with Crippen molar-refractivity contribution in [1.29, 1.82) is 5.26 Å². The van der Waals surface area contributed by atoms with E-state index in [1.807, 2.05) is 41.1 Å². The fourth-order valence-corrected chi connectivity index (χ4v) is 1.61. The van der Waals surface area contributed by atoms with Gasteiger partial charge in [0.25, 0.3) is 0 Å². The zero-order valence-electron chi connectivity index (χ0n) is 9.37. The number of hydrogen-bond donors (Lipinski definition) is 0. The minimum absolute atomic E-state index is 0.425. The molecule has 0 radical (unpaired) electrons. The van der Waals surface area contributed by atoms with Crippen LogP contribution in [-0.4, -0.2) is 4.98 Å². The van der Waals surface area contributed by atoms with Crippen molar-refractivity contribution in [2.24, 2.45) is 0 Å². The predicted molar refractivity (Wildman–Crippen MR) is 64.6 cm³/mol. The van der Waals surface area contributed by atoms with Crippen molar-refractivity contribution in [2.45, 2.75) is 6.54 Å². The molecule has 0 unspecified atom stereocenters. The number of allylic oxidation sites excluding steroid dienone is 1. The molecule has 1 aromatic heterocycles. The molecule has 0 saturated heterocycles. The molecule has 0 aliphatic heterocycles. The summed E-state index contributed by atoms with van der Waals surface area (Å²) in [5.41, 5.74) is 2.35. The third-order valence-corrected chi connectivity index (χ3v) is 2.48.